The number of nitrogens with zero attached hydrogens (tertiary/aromatic N) is 5. The lowest BCUT2D eigenvalue weighted by atomic mass is 10.0. The van der Waals surface area contributed by atoms with Gasteiger partial charge in [-0.3, -0.25) is 9.97 Å². The van der Waals surface area contributed by atoms with Crippen LogP contribution in [0.1, 0.15) is 0 Å². The lowest BCUT2D eigenvalue weighted by Crippen LogP contribution is -2.00. The van der Waals surface area contributed by atoms with Crippen LogP contribution in [0.15, 0.2) is 169 Å². The van der Waals surface area contributed by atoms with E-state index in [0.29, 0.717) is 17.5 Å². The minimum absolute atomic E-state index is 0.596. The van der Waals surface area contributed by atoms with Gasteiger partial charge < -0.3 is 4.42 Å². The van der Waals surface area contributed by atoms with Gasteiger partial charge in [-0.05, 0) is 65.2 Å². The van der Waals surface area contributed by atoms with Gasteiger partial charge in [0.05, 0.1) is 5.69 Å². The quantitative estimate of drug-likeness (QED) is 0.182. The normalized spacial score (nSPS) is 11.3. The number of fused-ring (bicyclic) bond motifs is 3. The Morgan fingerprint density at radius 3 is 1.51 bits per heavy atom. The molecule has 6 heteroatoms. The van der Waals surface area contributed by atoms with E-state index in [1.54, 1.807) is 6.20 Å². The molecule has 9 aromatic rings. The van der Waals surface area contributed by atoms with E-state index in [0.717, 1.165) is 72.1 Å². The highest BCUT2D eigenvalue weighted by Gasteiger charge is 2.15. The molecule has 0 bridgehead atoms. The van der Waals surface area contributed by atoms with Crippen LogP contribution in [-0.4, -0.2) is 24.9 Å². The molecule has 0 saturated carbocycles. The second-order valence-corrected chi connectivity index (χ2v) is 11.8. The zero-order chi connectivity index (χ0) is 32.6. The maximum atomic E-state index is 6.27. The molecule has 0 spiro atoms. The molecule has 49 heavy (non-hydrogen) atoms. The molecule has 0 aliphatic heterocycles. The van der Waals surface area contributed by atoms with Crippen molar-refractivity contribution in [2.75, 3.05) is 0 Å². The van der Waals surface area contributed by atoms with Crippen molar-refractivity contribution in [2.45, 2.75) is 0 Å². The third-order valence-electron chi connectivity index (χ3n) is 8.70. The number of hydrogen-bond acceptors (Lipinski definition) is 6. The minimum Gasteiger partial charge on any atom is -0.456 e. The van der Waals surface area contributed by atoms with Gasteiger partial charge in [-0.1, -0.05) is 97.1 Å². The van der Waals surface area contributed by atoms with E-state index in [1.165, 1.54) is 0 Å². The first kappa shape index (κ1) is 28.4. The van der Waals surface area contributed by atoms with Crippen LogP contribution < -0.4 is 0 Å². The Morgan fingerprint density at radius 2 is 0.878 bits per heavy atom. The number of pyridine rings is 2. The van der Waals surface area contributed by atoms with Gasteiger partial charge in [0, 0.05) is 57.2 Å². The van der Waals surface area contributed by atoms with E-state index in [2.05, 4.69) is 65.6 Å². The lowest BCUT2D eigenvalue weighted by molar-refractivity contribution is 0.669. The molecule has 0 amide bonds. The third-order valence-corrected chi connectivity index (χ3v) is 8.70. The average Bonchev–Trinajstić information content (AvgIpc) is 3.56. The fraction of sp³-hybridized carbons (Fsp3) is 0. The van der Waals surface area contributed by atoms with Gasteiger partial charge in [-0.15, -0.1) is 0 Å². The van der Waals surface area contributed by atoms with Gasteiger partial charge >= 0.3 is 0 Å². The summed E-state index contributed by atoms with van der Waals surface area (Å²) in [5, 5.41) is 2.00. The second kappa shape index (κ2) is 12.1. The molecule has 0 saturated heterocycles. The number of furan rings is 1. The van der Waals surface area contributed by atoms with E-state index in [1.807, 2.05) is 97.3 Å². The van der Waals surface area contributed by atoms with E-state index in [9.17, 15) is 0 Å². The highest BCUT2D eigenvalue weighted by molar-refractivity contribution is 6.07. The summed E-state index contributed by atoms with van der Waals surface area (Å²) in [4.78, 5) is 23.8. The Bertz CT molecular complexity index is 2570. The fourth-order valence-corrected chi connectivity index (χ4v) is 6.14. The first-order valence-electron chi connectivity index (χ1n) is 16.1. The fourth-order valence-electron chi connectivity index (χ4n) is 6.14. The van der Waals surface area contributed by atoms with Crippen molar-refractivity contribution in [3.05, 3.63) is 164 Å². The van der Waals surface area contributed by atoms with Gasteiger partial charge in [-0.25, -0.2) is 15.0 Å². The van der Waals surface area contributed by atoms with Crippen LogP contribution in [0.25, 0.3) is 89.6 Å². The Kier molecular flexibility index (Phi) is 7.02. The molecule has 5 aromatic carbocycles. The Hall–Kier alpha value is -6.79. The van der Waals surface area contributed by atoms with Gasteiger partial charge in [0.1, 0.15) is 11.2 Å². The van der Waals surface area contributed by atoms with E-state index in [-0.39, 0.29) is 0 Å². The van der Waals surface area contributed by atoms with E-state index in [4.69, 9.17) is 24.4 Å². The summed E-state index contributed by atoms with van der Waals surface area (Å²) in [5.41, 5.74) is 10.6. The molecule has 0 aliphatic rings. The predicted molar refractivity (Wildman–Crippen MR) is 195 cm³/mol. The maximum absolute atomic E-state index is 6.27. The summed E-state index contributed by atoms with van der Waals surface area (Å²) >= 11 is 0. The van der Waals surface area contributed by atoms with Crippen molar-refractivity contribution in [1.82, 2.24) is 24.9 Å². The number of aromatic nitrogens is 5. The van der Waals surface area contributed by atoms with Crippen molar-refractivity contribution in [3.8, 4) is 67.7 Å². The largest absolute Gasteiger partial charge is 0.456 e. The zero-order valence-electron chi connectivity index (χ0n) is 26.2. The van der Waals surface area contributed by atoms with Crippen LogP contribution in [0.2, 0.25) is 0 Å². The molecular weight excluding hydrogens is 603 g/mol. The maximum Gasteiger partial charge on any atom is 0.164 e. The summed E-state index contributed by atoms with van der Waals surface area (Å²) in [6, 6.07) is 49.2. The van der Waals surface area contributed by atoms with Crippen molar-refractivity contribution in [2.24, 2.45) is 0 Å². The van der Waals surface area contributed by atoms with Crippen LogP contribution in [0.3, 0.4) is 0 Å². The number of hydrogen-bond donors (Lipinski definition) is 0. The molecule has 0 unspecified atom stereocenters. The monoisotopic (exact) mass is 629 g/mol. The first-order chi connectivity index (χ1) is 24.2. The zero-order valence-corrected chi connectivity index (χ0v) is 26.2. The third kappa shape index (κ3) is 5.51. The molecule has 9 rings (SSSR count). The van der Waals surface area contributed by atoms with Crippen LogP contribution >= 0.6 is 0 Å². The standard InChI is InChI=1S/C43H27N5O/c1-3-8-28(9-4-1)29-13-15-31(16-14-29)42-46-41(30-10-5-2-6-11-30)47-43(48-42)33-19-22-40-37(25-33)36-24-32(18-21-39(36)49-40)34-17-20-38(45-27-34)35-12-7-23-44-26-35/h1-27H. The van der Waals surface area contributed by atoms with Gasteiger partial charge in [-0.2, -0.15) is 0 Å². The van der Waals surface area contributed by atoms with Gasteiger partial charge in [0.25, 0.3) is 0 Å². The molecule has 4 aromatic heterocycles. The van der Waals surface area contributed by atoms with Crippen molar-refractivity contribution in [1.29, 1.82) is 0 Å². The topological polar surface area (TPSA) is 77.6 Å². The lowest BCUT2D eigenvalue weighted by Gasteiger charge is -2.09. The summed E-state index contributed by atoms with van der Waals surface area (Å²) in [7, 11) is 0. The van der Waals surface area contributed by atoms with Crippen LogP contribution in [0.5, 0.6) is 0 Å². The van der Waals surface area contributed by atoms with Crippen molar-refractivity contribution in [3.63, 3.8) is 0 Å². The SMILES string of the molecule is c1ccc(-c2ccc(-c3nc(-c4ccccc4)nc(-c4ccc5oc6ccc(-c7ccc(-c8cccnc8)nc7)cc6c5c4)n3)cc2)cc1. The number of rotatable bonds is 6. The molecule has 6 nitrogen and oxygen atoms in total. The highest BCUT2D eigenvalue weighted by Crippen LogP contribution is 2.35. The molecule has 4 heterocycles. The molecule has 0 atom stereocenters. The number of benzene rings is 5. The highest BCUT2D eigenvalue weighted by atomic mass is 16.3. The first-order valence-corrected chi connectivity index (χ1v) is 16.1. The smallest absolute Gasteiger partial charge is 0.164 e. The second-order valence-electron chi connectivity index (χ2n) is 11.8. The molecule has 0 radical (unpaired) electrons. The molecule has 230 valence electrons. The van der Waals surface area contributed by atoms with Gasteiger partial charge in [0.15, 0.2) is 17.5 Å². The van der Waals surface area contributed by atoms with Crippen LogP contribution in [-0.2, 0) is 0 Å². The summed E-state index contributed by atoms with van der Waals surface area (Å²) in [5.74, 6) is 1.83. The Morgan fingerprint density at radius 1 is 0.367 bits per heavy atom. The Balaban J connectivity index is 1.12. The minimum atomic E-state index is 0.596. The molecule has 0 fully saturated rings. The summed E-state index contributed by atoms with van der Waals surface area (Å²) in [6.07, 6.45) is 5.49. The summed E-state index contributed by atoms with van der Waals surface area (Å²) in [6.45, 7) is 0. The molecule has 0 aliphatic carbocycles. The van der Waals surface area contributed by atoms with Crippen LogP contribution in [0, 0.1) is 0 Å². The van der Waals surface area contributed by atoms with Crippen LogP contribution in [0.4, 0.5) is 0 Å². The van der Waals surface area contributed by atoms with Crippen molar-refractivity contribution >= 4 is 21.9 Å². The van der Waals surface area contributed by atoms with E-state index < -0.39 is 0 Å². The molecular formula is C43H27N5O. The van der Waals surface area contributed by atoms with Crippen molar-refractivity contribution < 1.29 is 4.42 Å². The average molecular weight is 630 g/mol. The predicted octanol–water partition coefficient (Wildman–Crippen LogP) is 10.6. The van der Waals surface area contributed by atoms with E-state index >= 15 is 0 Å². The summed E-state index contributed by atoms with van der Waals surface area (Å²) < 4.78 is 6.27. The Labute approximate surface area is 282 Å². The van der Waals surface area contributed by atoms with Gasteiger partial charge in [0.2, 0.25) is 0 Å². The molecule has 0 N–H and O–H groups in total.